The molecule has 5 aromatic carbocycles. The number of benzene rings is 5. The van der Waals surface area contributed by atoms with E-state index in [0.717, 1.165) is 72.9 Å². The standard InChI is InChI=1S/C45H29N9/c1-3-11-30(12-4-1)41-50-42(31-13-5-2-6-14-31)52-43(51-41)34-27-35(53-39-17-9-7-15-37(39)48-44(53)32-19-23-46-24-20-32)29-36(28-34)54-40-18-10-8-16-38(40)49-45(54)33-21-25-47-26-22-33/h1-29H. The Hall–Kier alpha value is -7.65. The maximum atomic E-state index is 5.14. The van der Waals surface area contributed by atoms with E-state index < -0.39 is 0 Å². The fourth-order valence-corrected chi connectivity index (χ4v) is 6.88. The van der Waals surface area contributed by atoms with Crippen molar-refractivity contribution < 1.29 is 0 Å². The Labute approximate surface area is 310 Å². The Kier molecular flexibility index (Phi) is 7.58. The molecule has 0 aliphatic rings. The summed E-state index contributed by atoms with van der Waals surface area (Å²) in [4.78, 5) is 34.1. The Morgan fingerprint density at radius 1 is 0.315 bits per heavy atom. The van der Waals surface area contributed by atoms with E-state index >= 15 is 0 Å². The average Bonchev–Trinajstić information content (AvgIpc) is 3.84. The summed E-state index contributed by atoms with van der Waals surface area (Å²) in [5.74, 6) is 3.29. The van der Waals surface area contributed by atoms with E-state index in [1.165, 1.54) is 0 Å². The summed E-state index contributed by atoms with van der Waals surface area (Å²) < 4.78 is 4.39. The largest absolute Gasteiger partial charge is 0.292 e. The summed E-state index contributed by atoms with van der Waals surface area (Å²) in [5.41, 5.74) is 9.91. The van der Waals surface area contributed by atoms with E-state index in [9.17, 15) is 0 Å². The van der Waals surface area contributed by atoms with Gasteiger partial charge in [-0.25, -0.2) is 24.9 Å². The van der Waals surface area contributed by atoms with Gasteiger partial charge in [0, 0.05) is 52.6 Å². The summed E-state index contributed by atoms with van der Waals surface area (Å²) in [6.45, 7) is 0. The van der Waals surface area contributed by atoms with Crippen molar-refractivity contribution in [1.29, 1.82) is 0 Å². The van der Waals surface area contributed by atoms with Gasteiger partial charge in [0.1, 0.15) is 11.6 Å². The molecule has 0 spiro atoms. The molecule has 0 aliphatic heterocycles. The molecule has 0 N–H and O–H groups in total. The van der Waals surface area contributed by atoms with Gasteiger partial charge in [-0.3, -0.25) is 19.1 Å². The second kappa shape index (κ2) is 13.2. The zero-order valence-electron chi connectivity index (χ0n) is 28.8. The summed E-state index contributed by atoms with van der Waals surface area (Å²) in [5, 5.41) is 0. The molecule has 10 rings (SSSR count). The van der Waals surface area contributed by atoms with Crippen molar-refractivity contribution in [2.24, 2.45) is 0 Å². The van der Waals surface area contributed by atoms with Crippen molar-refractivity contribution in [3.05, 3.63) is 176 Å². The maximum Gasteiger partial charge on any atom is 0.164 e. The lowest BCUT2D eigenvalue weighted by Crippen LogP contribution is -2.05. The number of aromatic nitrogens is 9. The van der Waals surface area contributed by atoms with E-state index in [2.05, 4.69) is 49.4 Å². The Morgan fingerprint density at radius 3 is 1.15 bits per heavy atom. The molecule has 0 fully saturated rings. The lowest BCUT2D eigenvalue weighted by Gasteiger charge is -2.17. The third-order valence-corrected chi connectivity index (χ3v) is 9.38. The predicted molar refractivity (Wildman–Crippen MR) is 212 cm³/mol. The Bertz CT molecular complexity index is 2730. The molecule has 0 saturated carbocycles. The first-order valence-electron chi connectivity index (χ1n) is 17.6. The highest BCUT2D eigenvalue weighted by molar-refractivity contribution is 5.86. The molecule has 5 heterocycles. The summed E-state index contributed by atoms with van der Waals surface area (Å²) in [6.07, 6.45) is 7.17. The number of nitrogens with zero attached hydrogens (tertiary/aromatic N) is 9. The molecule has 0 radical (unpaired) electrons. The third kappa shape index (κ3) is 5.57. The molecule has 0 saturated heterocycles. The Morgan fingerprint density at radius 2 is 0.704 bits per heavy atom. The average molecular weight is 696 g/mol. The highest BCUT2D eigenvalue weighted by atomic mass is 15.1. The molecular formula is C45H29N9. The van der Waals surface area contributed by atoms with Crippen LogP contribution in [0.15, 0.2) is 176 Å². The quantitative estimate of drug-likeness (QED) is 0.164. The first-order valence-corrected chi connectivity index (χ1v) is 17.6. The monoisotopic (exact) mass is 695 g/mol. The minimum absolute atomic E-state index is 0.538. The number of rotatable bonds is 7. The van der Waals surface area contributed by atoms with Gasteiger partial charge in [0.2, 0.25) is 0 Å². The highest BCUT2D eigenvalue weighted by Crippen LogP contribution is 2.36. The van der Waals surface area contributed by atoms with Gasteiger partial charge in [0.25, 0.3) is 0 Å². The van der Waals surface area contributed by atoms with Gasteiger partial charge < -0.3 is 0 Å². The highest BCUT2D eigenvalue weighted by Gasteiger charge is 2.21. The van der Waals surface area contributed by atoms with Crippen molar-refractivity contribution in [2.45, 2.75) is 0 Å². The van der Waals surface area contributed by atoms with Crippen LogP contribution < -0.4 is 0 Å². The Balaban J connectivity index is 1.30. The van der Waals surface area contributed by atoms with Crippen LogP contribution in [-0.4, -0.2) is 44.0 Å². The number of para-hydroxylation sites is 4. The van der Waals surface area contributed by atoms with E-state index in [-0.39, 0.29) is 0 Å². The van der Waals surface area contributed by atoms with Crippen molar-refractivity contribution in [3.63, 3.8) is 0 Å². The molecule has 9 nitrogen and oxygen atoms in total. The molecule has 0 atom stereocenters. The zero-order valence-corrected chi connectivity index (χ0v) is 28.8. The molecule has 0 aliphatic carbocycles. The second-order valence-corrected chi connectivity index (χ2v) is 12.8. The fraction of sp³-hybridized carbons (Fsp3) is 0. The van der Waals surface area contributed by atoms with E-state index in [4.69, 9.17) is 24.9 Å². The zero-order chi connectivity index (χ0) is 35.8. The van der Waals surface area contributed by atoms with Crippen LogP contribution in [0.1, 0.15) is 0 Å². The van der Waals surface area contributed by atoms with Crippen LogP contribution in [0, 0.1) is 0 Å². The number of fused-ring (bicyclic) bond motifs is 2. The topological polar surface area (TPSA) is 100 Å². The number of hydrogen-bond donors (Lipinski definition) is 0. The van der Waals surface area contributed by atoms with Gasteiger partial charge in [-0.2, -0.15) is 0 Å². The van der Waals surface area contributed by atoms with Gasteiger partial charge in [-0.1, -0.05) is 84.9 Å². The van der Waals surface area contributed by atoms with Gasteiger partial charge >= 0.3 is 0 Å². The minimum atomic E-state index is 0.538. The molecule has 0 bridgehead atoms. The van der Waals surface area contributed by atoms with E-state index in [1.807, 2.05) is 121 Å². The second-order valence-electron chi connectivity index (χ2n) is 12.8. The molecule has 9 heteroatoms. The number of pyridine rings is 2. The van der Waals surface area contributed by atoms with Crippen molar-refractivity contribution in [2.75, 3.05) is 0 Å². The fourth-order valence-electron chi connectivity index (χ4n) is 6.88. The van der Waals surface area contributed by atoms with Gasteiger partial charge in [0.05, 0.1) is 33.4 Å². The van der Waals surface area contributed by atoms with Crippen LogP contribution >= 0.6 is 0 Å². The summed E-state index contributed by atoms with van der Waals surface area (Å²) >= 11 is 0. The normalized spacial score (nSPS) is 11.3. The maximum absolute atomic E-state index is 5.14. The summed E-state index contributed by atoms with van der Waals surface area (Å²) in [6, 6.07) is 50.8. The van der Waals surface area contributed by atoms with Crippen LogP contribution in [0.4, 0.5) is 0 Å². The van der Waals surface area contributed by atoms with Crippen molar-refractivity contribution in [3.8, 4) is 68.3 Å². The third-order valence-electron chi connectivity index (χ3n) is 9.38. The van der Waals surface area contributed by atoms with Crippen LogP contribution in [0.5, 0.6) is 0 Å². The van der Waals surface area contributed by atoms with Gasteiger partial charge in [-0.15, -0.1) is 0 Å². The van der Waals surface area contributed by atoms with Gasteiger partial charge in [0.15, 0.2) is 17.5 Å². The van der Waals surface area contributed by atoms with Crippen LogP contribution in [0.2, 0.25) is 0 Å². The molecule has 0 unspecified atom stereocenters. The molecule has 254 valence electrons. The SMILES string of the molecule is c1ccc(-c2nc(-c3ccccc3)nc(-c3cc(-n4c(-c5ccncc5)nc5ccccc54)cc(-n4c(-c5ccncc5)nc5ccccc54)c3)n2)cc1. The lowest BCUT2D eigenvalue weighted by atomic mass is 10.1. The number of imidazole rings is 2. The van der Waals surface area contributed by atoms with Crippen molar-refractivity contribution >= 4 is 22.1 Å². The van der Waals surface area contributed by atoms with Crippen molar-refractivity contribution in [1.82, 2.24) is 44.0 Å². The first-order chi connectivity index (χ1) is 26.8. The molecular weight excluding hydrogens is 667 g/mol. The molecule has 0 amide bonds. The molecule has 10 aromatic rings. The van der Waals surface area contributed by atoms with Crippen LogP contribution in [0.25, 0.3) is 90.4 Å². The van der Waals surface area contributed by atoms with Crippen LogP contribution in [-0.2, 0) is 0 Å². The number of hydrogen-bond acceptors (Lipinski definition) is 7. The lowest BCUT2D eigenvalue weighted by molar-refractivity contribution is 1.05. The first kappa shape index (κ1) is 31.1. The van der Waals surface area contributed by atoms with Crippen LogP contribution in [0.3, 0.4) is 0 Å². The van der Waals surface area contributed by atoms with E-state index in [1.54, 1.807) is 24.8 Å². The van der Waals surface area contributed by atoms with E-state index in [0.29, 0.717) is 17.5 Å². The molecule has 54 heavy (non-hydrogen) atoms. The minimum Gasteiger partial charge on any atom is -0.292 e. The van der Waals surface area contributed by atoms with Gasteiger partial charge in [-0.05, 0) is 66.7 Å². The predicted octanol–water partition coefficient (Wildman–Crippen LogP) is 9.67. The smallest absolute Gasteiger partial charge is 0.164 e. The molecule has 5 aromatic heterocycles. The summed E-state index contributed by atoms with van der Waals surface area (Å²) in [7, 11) is 0.